The minimum Gasteiger partial charge on any atom is -1.00 e. The van der Waals surface area contributed by atoms with Gasteiger partial charge in [0.25, 0.3) is 10.1 Å². The predicted octanol–water partition coefficient (Wildman–Crippen LogP) is -0.920. The van der Waals surface area contributed by atoms with E-state index in [-0.39, 0.29) is 35.9 Å². The van der Waals surface area contributed by atoms with Gasteiger partial charge in [-0.2, -0.15) is 8.42 Å². The van der Waals surface area contributed by atoms with E-state index in [4.69, 9.17) is 4.55 Å². The van der Waals surface area contributed by atoms with E-state index < -0.39 is 10.1 Å². The molecule has 0 bridgehead atoms. The Kier molecular flexibility index (Phi) is 5.72. The summed E-state index contributed by atoms with van der Waals surface area (Å²) in [5, 5.41) is 0. The normalized spacial score (nSPS) is 10.8. The van der Waals surface area contributed by atoms with Crippen LogP contribution < -0.4 is 29.6 Å². The molecule has 74 valence electrons. The Morgan fingerprint density at radius 1 is 1.43 bits per heavy atom. The molecule has 1 rings (SSSR count). The van der Waals surface area contributed by atoms with Crippen molar-refractivity contribution >= 4 is 21.9 Å². The van der Waals surface area contributed by atoms with Crippen LogP contribution in [0.15, 0.2) is 28.0 Å². The van der Waals surface area contributed by atoms with E-state index in [2.05, 4.69) is 0 Å². The van der Waals surface area contributed by atoms with E-state index in [1.54, 1.807) is 31.4 Å². The zero-order valence-electron chi connectivity index (χ0n) is 9.31. The van der Waals surface area contributed by atoms with Crippen LogP contribution in [0.5, 0.6) is 0 Å². The monoisotopic (exact) mass is 242 g/mol. The summed E-state index contributed by atoms with van der Waals surface area (Å²) in [5.74, 6) is 0. The molecule has 6 heteroatoms. The molecule has 0 aromatic heterocycles. The molecule has 1 N–H and O–H groups in total. The van der Waals surface area contributed by atoms with Crippen LogP contribution in [0.4, 0.5) is 0 Å². The minimum absolute atomic E-state index is 0. The number of rotatable bonds is 2. The molecule has 0 atom stereocenters. The van der Waals surface area contributed by atoms with Crippen molar-refractivity contribution in [2.75, 3.05) is 6.26 Å². The molecule has 1 aromatic rings. The van der Waals surface area contributed by atoms with Crippen molar-refractivity contribution in [2.45, 2.75) is 16.7 Å². The Bertz CT molecular complexity index is 420. The first-order chi connectivity index (χ1) is 5.96. The third-order valence-corrected chi connectivity index (χ3v) is 3.62. The maximum atomic E-state index is 11.0. The van der Waals surface area contributed by atoms with E-state index in [0.29, 0.717) is 10.5 Å². The Balaban J connectivity index is 0. The summed E-state index contributed by atoms with van der Waals surface area (Å²) in [7, 11) is -4.10. The standard InChI is InChI=1S/C8H10O3S2.Na.H/c1-6-4-3-5-7(12-2)8(6)13(9,10)11;;/h3-5H,1-2H3,(H,9,10,11);;/q;+1;-1. The molecule has 0 spiro atoms. The number of aryl methyl sites for hydroxylation is 1. The number of benzene rings is 1. The second kappa shape index (κ2) is 5.53. The SMILES string of the molecule is CSc1cccc(C)c1S(=O)(=O)O.[H-].[Na+]. The first-order valence-corrected chi connectivity index (χ1v) is 6.24. The number of thioether (sulfide) groups is 1. The van der Waals surface area contributed by atoms with Gasteiger partial charge in [-0.3, -0.25) is 4.55 Å². The summed E-state index contributed by atoms with van der Waals surface area (Å²) in [6, 6.07) is 5.08. The quantitative estimate of drug-likeness (QED) is 0.414. The van der Waals surface area contributed by atoms with Gasteiger partial charge in [-0.25, -0.2) is 0 Å². The van der Waals surface area contributed by atoms with Crippen LogP contribution in [-0.2, 0) is 10.1 Å². The summed E-state index contributed by atoms with van der Waals surface area (Å²) in [5.41, 5.74) is 0.564. The molecule has 3 nitrogen and oxygen atoms in total. The van der Waals surface area contributed by atoms with Gasteiger partial charge in [0, 0.05) is 4.90 Å². The second-order valence-electron chi connectivity index (χ2n) is 2.58. The molecule has 0 aliphatic carbocycles. The molecule has 0 saturated heterocycles. The van der Waals surface area contributed by atoms with Crippen molar-refractivity contribution in [1.29, 1.82) is 0 Å². The summed E-state index contributed by atoms with van der Waals surface area (Å²) in [4.78, 5) is 0.588. The van der Waals surface area contributed by atoms with Crippen LogP contribution in [0.1, 0.15) is 6.99 Å². The van der Waals surface area contributed by atoms with Gasteiger partial charge in [-0.15, -0.1) is 11.8 Å². The van der Waals surface area contributed by atoms with Gasteiger partial charge < -0.3 is 1.43 Å². The number of hydrogen-bond donors (Lipinski definition) is 1. The molecule has 0 radical (unpaired) electrons. The van der Waals surface area contributed by atoms with Crippen molar-refractivity contribution in [2.24, 2.45) is 0 Å². The molecule has 0 aliphatic rings. The van der Waals surface area contributed by atoms with E-state index in [0.717, 1.165) is 0 Å². The van der Waals surface area contributed by atoms with E-state index >= 15 is 0 Å². The molecule has 0 amide bonds. The maximum absolute atomic E-state index is 11.0. The summed E-state index contributed by atoms with van der Waals surface area (Å²) in [6.07, 6.45) is 1.77. The second-order valence-corrected chi connectivity index (χ2v) is 4.79. The van der Waals surface area contributed by atoms with Gasteiger partial charge in [0.2, 0.25) is 0 Å². The fourth-order valence-corrected chi connectivity index (χ4v) is 3.04. The van der Waals surface area contributed by atoms with Crippen LogP contribution in [0.25, 0.3) is 0 Å². The van der Waals surface area contributed by atoms with Crippen molar-refractivity contribution < 1.29 is 44.0 Å². The zero-order valence-corrected chi connectivity index (χ0v) is 11.9. The minimum atomic E-state index is -4.10. The fraction of sp³-hybridized carbons (Fsp3) is 0.250. The van der Waals surface area contributed by atoms with Crippen LogP contribution in [-0.4, -0.2) is 19.2 Å². The van der Waals surface area contributed by atoms with Crippen molar-refractivity contribution in [1.82, 2.24) is 0 Å². The first kappa shape index (κ1) is 14.5. The third kappa shape index (κ3) is 3.25. The molecular weight excluding hydrogens is 231 g/mol. The summed E-state index contributed by atoms with van der Waals surface area (Å²) >= 11 is 1.30. The van der Waals surface area contributed by atoms with Gasteiger partial charge in [-0.05, 0) is 24.8 Å². The van der Waals surface area contributed by atoms with Gasteiger partial charge in [0.15, 0.2) is 0 Å². The van der Waals surface area contributed by atoms with Crippen molar-refractivity contribution in [3.05, 3.63) is 23.8 Å². The molecule has 0 heterocycles. The maximum Gasteiger partial charge on any atom is 1.00 e. The molecule has 0 fully saturated rings. The van der Waals surface area contributed by atoms with Gasteiger partial charge in [0.1, 0.15) is 4.90 Å². The van der Waals surface area contributed by atoms with E-state index in [1.165, 1.54) is 11.8 Å². The average molecular weight is 242 g/mol. The van der Waals surface area contributed by atoms with Gasteiger partial charge in [0.05, 0.1) is 0 Å². The van der Waals surface area contributed by atoms with Gasteiger partial charge in [-0.1, -0.05) is 12.1 Å². The molecule has 1 aromatic carbocycles. The average Bonchev–Trinajstić information content (AvgIpc) is 2.01. The van der Waals surface area contributed by atoms with Crippen LogP contribution in [0.2, 0.25) is 0 Å². The molecular formula is C8H11NaO3S2. The topological polar surface area (TPSA) is 54.4 Å². The summed E-state index contributed by atoms with van der Waals surface area (Å²) in [6.45, 7) is 1.66. The van der Waals surface area contributed by atoms with Crippen LogP contribution in [0.3, 0.4) is 0 Å². The number of hydrogen-bond acceptors (Lipinski definition) is 3. The Labute approximate surface area is 112 Å². The zero-order chi connectivity index (χ0) is 10.1. The molecule has 0 unspecified atom stereocenters. The molecule has 0 saturated carbocycles. The van der Waals surface area contributed by atoms with Crippen molar-refractivity contribution in [3.8, 4) is 0 Å². The van der Waals surface area contributed by atoms with Crippen molar-refractivity contribution in [3.63, 3.8) is 0 Å². The van der Waals surface area contributed by atoms with Gasteiger partial charge >= 0.3 is 29.6 Å². The Morgan fingerprint density at radius 3 is 2.36 bits per heavy atom. The third-order valence-electron chi connectivity index (χ3n) is 1.65. The Hall–Kier alpha value is 0.480. The van der Waals surface area contributed by atoms with E-state index in [1.807, 2.05) is 0 Å². The Morgan fingerprint density at radius 2 is 2.00 bits per heavy atom. The fourth-order valence-electron chi connectivity index (χ4n) is 1.12. The smallest absolute Gasteiger partial charge is 1.00 e. The predicted molar refractivity (Wildman–Crippen MR) is 53.9 cm³/mol. The molecule has 0 aliphatic heterocycles. The first-order valence-electron chi connectivity index (χ1n) is 3.58. The molecule has 14 heavy (non-hydrogen) atoms. The van der Waals surface area contributed by atoms with Crippen LogP contribution >= 0.6 is 11.8 Å². The van der Waals surface area contributed by atoms with E-state index in [9.17, 15) is 8.42 Å². The van der Waals surface area contributed by atoms with Crippen LogP contribution in [0, 0.1) is 6.92 Å². The summed E-state index contributed by atoms with van der Waals surface area (Å²) < 4.78 is 30.9. The largest absolute Gasteiger partial charge is 1.00 e.